The minimum atomic E-state index is -0.923. The van der Waals surface area contributed by atoms with Crippen molar-refractivity contribution in [3.05, 3.63) is 12.2 Å². The molecule has 0 aliphatic carbocycles. The second kappa shape index (κ2) is 4.98. The van der Waals surface area contributed by atoms with Crippen molar-refractivity contribution in [3.63, 3.8) is 0 Å². The van der Waals surface area contributed by atoms with Gasteiger partial charge in [-0.2, -0.15) is 5.26 Å². The molecule has 10 heavy (non-hydrogen) atoms. The van der Waals surface area contributed by atoms with E-state index in [4.69, 9.17) is 15.1 Å². The van der Waals surface area contributed by atoms with E-state index in [1.165, 1.54) is 0 Å². The predicted molar refractivity (Wildman–Crippen MR) is 37.0 cm³/mol. The molecule has 1 atom stereocenters. The molecule has 0 fully saturated rings. The average molecular weight is 141 g/mol. The molecule has 0 aliphatic rings. The number of ether oxygens (including phenoxy) is 1. The zero-order chi connectivity index (χ0) is 7.98. The van der Waals surface area contributed by atoms with Gasteiger partial charge in [-0.05, 0) is 12.5 Å². The van der Waals surface area contributed by atoms with Crippen molar-refractivity contribution in [2.24, 2.45) is 0 Å². The fourth-order valence-electron chi connectivity index (χ4n) is 0.358. The van der Waals surface area contributed by atoms with Crippen LogP contribution in [-0.4, -0.2) is 18.0 Å². The summed E-state index contributed by atoms with van der Waals surface area (Å²) >= 11 is 0. The highest BCUT2D eigenvalue weighted by molar-refractivity contribution is 4.91. The quantitative estimate of drug-likeness (QED) is 0.358. The van der Waals surface area contributed by atoms with Crippen LogP contribution in [0.5, 0.6) is 0 Å². The van der Waals surface area contributed by atoms with Crippen molar-refractivity contribution in [3.8, 4) is 6.07 Å². The second-order valence-corrected chi connectivity index (χ2v) is 1.98. The molecule has 0 bridgehead atoms. The van der Waals surface area contributed by atoms with Crippen LogP contribution < -0.4 is 0 Å². The molecule has 0 heterocycles. The molecule has 3 nitrogen and oxygen atoms in total. The van der Waals surface area contributed by atoms with E-state index in [9.17, 15) is 0 Å². The SMILES string of the molecule is C=C(C)C(O)OCCC#N. The number of nitrogens with zero attached hydrogens (tertiary/aromatic N) is 1. The highest BCUT2D eigenvalue weighted by atomic mass is 16.6. The first-order valence-electron chi connectivity index (χ1n) is 3.00. The molecule has 0 rings (SSSR count). The molecule has 0 spiro atoms. The highest BCUT2D eigenvalue weighted by Crippen LogP contribution is 1.98. The highest BCUT2D eigenvalue weighted by Gasteiger charge is 2.01. The van der Waals surface area contributed by atoms with E-state index in [1.54, 1.807) is 6.92 Å². The van der Waals surface area contributed by atoms with Crippen LogP contribution >= 0.6 is 0 Å². The molecule has 1 N–H and O–H groups in total. The van der Waals surface area contributed by atoms with Gasteiger partial charge < -0.3 is 9.84 Å². The zero-order valence-corrected chi connectivity index (χ0v) is 6.00. The Labute approximate surface area is 60.5 Å². The van der Waals surface area contributed by atoms with Crippen LogP contribution in [0.2, 0.25) is 0 Å². The lowest BCUT2D eigenvalue weighted by atomic mass is 10.3. The maximum Gasteiger partial charge on any atom is 0.176 e. The van der Waals surface area contributed by atoms with Crippen LogP contribution in [0.25, 0.3) is 0 Å². The van der Waals surface area contributed by atoms with E-state index in [0.29, 0.717) is 12.0 Å². The average Bonchev–Trinajstić information content (AvgIpc) is 1.88. The zero-order valence-electron chi connectivity index (χ0n) is 6.00. The first-order valence-corrected chi connectivity index (χ1v) is 3.00. The van der Waals surface area contributed by atoms with Gasteiger partial charge in [-0.1, -0.05) is 6.58 Å². The summed E-state index contributed by atoms with van der Waals surface area (Å²) in [6, 6.07) is 1.90. The molecule has 0 aliphatic heterocycles. The fourth-order valence-corrected chi connectivity index (χ4v) is 0.358. The van der Waals surface area contributed by atoms with Crippen LogP contribution in [0.3, 0.4) is 0 Å². The van der Waals surface area contributed by atoms with E-state index in [2.05, 4.69) is 6.58 Å². The van der Waals surface area contributed by atoms with Crippen molar-refractivity contribution in [2.45, 2.75) is 19.6 Å². The molecule has 1 unspecified atom stereocenters. The summed E-state index contributed by atoms with van der Waals surface area (Å²) in [5, 5.41) is 17.0. The minimum absolute atomic E-state index is 0.254. The molecule has 56 valence electrons. The molecule has 0 aromatic carbocycles. The van der Waals surface area contributed by atoms with E-state index in [-0.39, 0.29) is 6.61 Å². The van der Waals surface area contributed by atoms with E-state index < -0.39 is 6.29 Å². The Hall–Kier alpha value is -0.850. The first-order chi connectivity index (χ1) is 4.68. The third-order valence-corrected chi connectivity index (χ3v) is 0.911. The normalized spacial score (nSPS) is 12.1. The van der Waals surface area contributed by atoms with Crippen LogP contribution in [0.4, 0.5) is 0 Å². The van der Waals surface area contributed by atoms with Gasteiger partial charge in [-0.25, -0.2) is 0 Å². The number of hydrogen-bond donors (Lipinski definition) is 1. The molecule has 0 radical (unpaired) electrons. The van der Waals surface area contributed by atoms with Gasteiger partial charge >= 0.3 is 0 Å². The summed E-state index contributed by atoms with van der Waals surface area (Å²) in [5.74, 6) is 0. The van der Waals surface area contributed by atoms with Gasteiger partial charge in [-0.3, -0.25) is 0 Å². The smallest absolute Gasteiger partial charge is 0.176 e. The van der Waals surface area contributed by atoms with Gasteiger partial charge in [0.2, 0.25) is 0 Å². The van der Waals surface area contributed by atoms with E-state index in [0.717, 1.165) is 0 Å². The predicted octanol–water partition coefficient (Wildman–Crippen LogP) is 0.811. The molecular formula is C7H11NO2. The molecule has 0 amide bonds. The molecular weight excluding hydrogens is 130 g/mol. The Morgan fingerprint density at radius 3 is 2.90 bits per heavy atom. The summed E-state index contributed by atoms with van der Waals surface area (Å²) < 4.78 is 4.78. The van der Waals surface area contributed by atoms with Gasteiger partial charge in [0.05, 0.1) is 19.1 Å². The summed E-state index contributed by atoms with van der Waals surface area (Å²) in [6.45, 7) is 5.39. The summed E-state index contributed by atoms with van der Waals surface area (Å²) in [5.41, 5.74) is 0.554. The third kappa shape index (κ3) is 4.07. The molecule has 0 saturated heterocycles. The number of nitriles is 1. The molecule has 0 aromatic heterocycles. The first kappa shape index (κ1) is 9.15. The summed E-state index contributed by atoms with van der Waals surface area (Å²) in [4.78, 5) is 0. The van der Waals surface area contributed by atoms with Gasteiger partial charge in [0, 0.05) is 0 Å². The summed E-state index contributed by atoms with van der Waals surface area (Å²) in [6.07, 6.45) is -0.627. The van der Waals surface area contributed by atoms with Gasteiger partial charge in [-0.15, -0.1) is 0 Å². The standard InChI is InChI=1S/C7H11NO2/c1-6(2)7(9)10-5-3-4-8/h7,9H,1,3,5H2,2H3. The van der Waals surface area contributed by atoms with Crippen molar-refractivity contribution >= 4 is 0 Å². The minimum Gasteiger partial charge on any atom is -0.364 e. The maximum absolute atomic E-state index is 8.92. The van der Waals surface area contributed by atoms with Crippen LogP contribution in [0.1, 0.15) is 13.3 Å². The maximum atomic E-state index is 8.92. The van der Waals surface area contributed by atoms with Gasteiger partial charge in [0.1, 0.15) is 0 Å². The van der Waals surface area contributed by atoms with E-state index >= 15 is 0 Å². The van der Waals surface area contributed by atoms with E-state index in [1.807, 2.05) is 6.07 Å². The fraction of sp³-hybridized carbons (Fsp3) is 0.571. The Bertz CT molecular complexity index is 148. The van der Waals surface area contributed by atoms with Crippen LogP contribution in [0.15, 0.2) is 12.2 Å². The Balaban J connectivity index is 3.32. The van der Waals surface area contributed by atoms with Crippen molar-refractivity contribution in [1.82, 2.24) is 0 Å². The topological polar surface area (TPSA) is 53.2 Å². The van der Waals surface area contributed by atoms with Crippen molar-refractivity contribution < 1.29 is 9.84 Å². The lowest BCUT2D eigenvalue weighted by Crippen LogP contribution is -2.12. The largest absolute Gasteiger partial charge is 0.364 e. The molecule has 0 aromatic rings. The Morgan fingerprint density at radius 1 is 1.90 bits per heavy atom. The number of hydrogen-bond acceptors (Lipinski definition) is 3. The monoisotopic (exact) mass is 141 g/mol. The Kier molecular flexibility index (Phi) is 4.55. The number of aliphatic hydroxyl groups is 1. The van der Waals surface area contributed by atoms with Gasteiger partial charge in [0.15, 0.2) is 6.29 Å². The lowest BCUT2D eigenvalue weighted by molar-refractivity contribution is -0.0696. The molecule has 3 heteroatoms. The van der Waals surface area contributed by atoms with Crippen LogP contribution in [0, 0.1) is 11.3 Å². The van der Waals surface area contributed by atoms with Crippen molar-refractivity contribution in [1.29, 1.82) is 5.26 Å². The van der Waals surface area contributed by atoms with Crippen molar-refractivity contribution in [2.75, 3.05) is 6.61 Å². The van der Waals surface area contributed by atoms with Crippen LogP contribution in [-0.2, 0) is 4.74 Å². The van der Waals surface area contributed by atoms with Gasteiger partial charge in [0.25, 0.3) is 0 Å². The molecule has 0 saturated carbocycles. The second-order valence-electron chi connectivity index (χ2n) is 1.98. The lowest BCUT2D eigenvalue weighted by Gasteiger charge is -2.08. The summed E-state index contributed by atoms with van der Waals surface area (Å²) in [7, 11) is 0. The third-order valence-electron chi connectivity index (χ3n) is 0.911. The number of rotatable bonds is 4. The number of aliphatic hydroxyl groups excluding tert-OH is 1. The Morgan fingerprint density at radius 2 is 2.50 bits per heavy atom.